The number of rotatable bonds is 3. The number of anilines is 2. The van der Waals surface area contributed by atoms with Crippen LogP contribution in [0.25, 0.3) is 0 Å². The van der Waals surface area contributed by atoms with Crippen LogP contribution in [0.5, 0.6) is 0 Å². The molecule has 4 nitrogen and oxygen atoms in total. The monoisotopic (exact) mass is 256 g/mol. The molecular formula is C12H17ClN2O2. The first kappa shape index (κ1) is 12.5. The molecule has 1 aromatic carbocycles. The molecule has 1 saturated heterocycles. The van der Waals surface area contributed by atoms with Crippen LogP contribution in [-0.2, 0) is 4.74 Å². The quantitative estimate of drug-likeness (QED) is 0.723. The number of benzene rings is 1. The van der Waals surface area contributed by atoms with Gasteiger partial charge in [-0.25, -0.2) is 0 Å². The van der Waals surface area contributed by atoms with Crippen LogP contribution in [-0.4, -0.2) is 30.5 Å². The van der Waals surface area contributed by atoms with Gasteiger partial charge in [-0.1, -0.05) is 17.7 Å². The summed E-state index contributed by atoms with van der Waals surface area (Å²) in [5.41, 5.74) is 6.81. The molecule has 0 aromatic heterocycles. The molecule has 0 spiro atoms. The van der Waals surface area contributed by atoms with Crippen molar-refractivity contribution in [2.45, 2.75) is 18.4 Å². The highest BCUT2D eigenvalue weighted by molar-refractivity contribution is 6.33. The van der Waals surface area contributed by atoms with Gasteiger partial charge in [0.05, 0.1) is 28.5 Å². The zero-order valence-corrected chi connectivity index (χ0v) is 10.3. The molecule has 1 aliphatic rings. The molecule has 0 bridgehead atoms. The van der Waals surface area contributed by atoms with E-state index in [4.69, 9.17) is 22.1 Å². The van der Waals surface area contributed by atoms with E-state index in [1.165, 1.54) is 0 Å². The van der Waals surface area contributed by atoms with E-state index in [1.54, 1.807) is 18.2 Å². The van der Waals surface area contributed by atoms with Gasteiger partial charge in [-0.05, 0) is 25.0 Å². The molecule has 4 N–H and O–H groups in total. The molecule has 1 fully saturated rings. The van der Waals surface area contributed by atoms with Crippen LogP contribution < -0.4 is 11.1 Å². The lowest BCUT2D eigenvalue weighted by atomic mass is 9.90. The third kappa shape index (κ3) is 2.65. The lowest BCUT2D eigenvalue weighted by Crippen LogP contribution is -2.47. The molecule has 0 amide bonds. The molecular weight excluding hydrogens is 240 g/mol. The molecule has 1 heterocycles. The van der Waals surface area contributed by atoms with Crippen molar-refractivity contribution >= 4 is 23.0 Å². The smallest absolute Gasteiger partial charge is 0.0768 e. The number of nitrogens with two attached hydrogens (primary N) is 1. The molecule has 0 atom stereocenters. The maximum absolute atomic E-state index is 9.58. The number of halogens is 1. The molecule has 0 aliphatic carbocycles. The Labute approximate surface area is 106 Å². The van der Waals surface area contributed by atoms with Gasteiger partial charge in [0.2, 0.25) is 0 Å². The fourth-order valence-corrected chi connectivity index (χ4v) is 2.25. The largest absolute Gasteiger partial charge is 0.397 e. The van der Waals surface area contributed by atoms with Crippen LogP contribution >= 0.6 is 11.6 Å². The van der Waals surface area contributed by atoms with Crippen molar-refractivity contribution in [2.24, 2.45) is 0 Å². The highest BCUT2D eigenvalue weighted by Crippen LogP contribution is 2.33. The summed E-state index contributed by atoms with van der Waals surface area (Å²) in [5.74, 6) is 0. The van der Waals surface area contributed by atoms with E-state index in [-0.39, 0.29) is 12.1 Å². The summed E-state index contributed by atoms with van der Waals surface area (Å²) in [6.45, 7) is 1.32. The van der Waals surface area contributed by atoms with Crippen molar-refractivity contribution in [1.82, 2.24) is 0 Å². The van der Waals surface area contributed by atoms with Crippen LogP contribution in [0.3, 0.4) is 0 Å². The number of aliphatic hydroxyl groups is 1. The van der Waals surface area contributed by atoms with Gasteiger partial charge < -0.3 is 20.9 Å². The Morgan fingerprint density at radius 3 is 2.71 bits per heavy atom. The highest BCUT2D eigenvalue weighted by Gasteiger charge is 2.32. The van der Waals surface area contributed by atoms with E-state index in [0.29, 0.717) is 29.6 Å². The van der Waals surface area contributed by atoms with Crippen LogP contribution in [0.1, 0.15) is 12.8 Å². The molecule has 94 valence electrons. The lowest BCUT2D eigenvalue weighted by molar-refractivity contribution is 0.0380. The predicted molar refractivity (Wildman–Crippen MR) is 69.4 cm³/mol. The van der Waals surface area contributed by atoms with Crippen molar-refractivity contribution in [3.8, 4) is 0 Å². The second-order valence-electron chi connectivity index (χ2n) is 4.38. The fourth-order valence-electron chi connectivity index (χ4n) is 2.02. The molecule has 2 rings (SSSR count). The van der Waals surface area contributed by atoms with Crippen LogP contribution in [0.2, 0.25) is 5.02 Å². The summed E-state index contributed by atoms with van der Waals surface area (Å²) in [6, 6.07) is 5.38. The molecule has 0 saturated carbocycles. The minimum atomic E-state index is -0.378. The van der Waals surface area contributed by atoms with E-state index < -0.39 is 0 Å². The number of ether oxygens (including phenoxy) is 1. The number of nitrogens with one attached hydrogen (secondary N) is 1. The lowest BCUT2D eigenvalue weighted by Gasteiger charge is -2.37. The first-order valence-electron chi connectivity index (χ1n) is 5.68. The second-order valence-corrected chi connectivity index (χ2v) is 4.79. The number of hydrogen-bond donors (Lipinski definition) is 3. The molecule has 0 unspecified atom stereocenters. The molecule has 1 aliphatic heterocycles. The maximum Gasteiger partial charge on any atom is 0.0768 e. The van der Waals surface area contributed by atoms with E-state index >= 15 is 0 Å². The van der Waals surface area contributed by atoms with Gasteiger partial charge in [0.25, 0.3) is 0 Å². The topological polar surface area (TPSA) is 67.5 Å². The Hall–Kier alpha value is -0.970. The van der Waals surface area contributed by atoms with Crippen LogP contribution in [0.4, 0.5) is 11.4 Å². The van der Waals surface area contributed by atoms with Crippen molar-refractivity contribution in [3.63, 3.8) is 0 Å². The van der Waals surface area contributed by atoms with Crippen molar-refractivity contribution < 1.29 is 9.84 Å². The number of nitrogen functional groups attached to an aromatic ring is 1. The minimum absolute atomic E-state index is 0.0427. The zero-order chi connectivity index (χ0) is 12.3. The summed E-state index contributed by atoms with van der Waals surface area (Å²) in [4.78, 5) is 0. The van der Waals surface area contributed by atoms with Gasteiger partial charge >= 0.3 is 0 Å². The first-order chi connectivity index (χ1) is 8.17. The van der Waals surface area contributed by atoms with Gasteiger partial charge in [-0.2, -0.15) is 0 Å². The van der Waals surface area contributed by atoms with Gasteiger partial charge in [0.1, 0.15) is 0 Å². The Morgan fingerprint density at radius 1 is 1.41 bits per heavy atom. The highest BCUT2D eigenvalue weighted by atomic mass is 35.5. The molecule has 17 heavy (non-hydrogen) atoms. The summed E-state index contributed by atoms with van der Waals surface area (Å²) in [6.07, 6.45) is 1.49. The van der Waals surface area contributed by atoms with Crippen molar-refractivity contribution in [2.75, 3.05) is 30.9 Å². The SMILES string of the molecule is Nc1cccc(Cl)c1NC1(CO)CCOCC1. The standard InChI is InChI=1S/C12H17ClN2O2/c13-9-2-1-3-10(14)11(9)15-12(8-16)4-6-17-7-5-12/h1-3,15-16H,4-8,14H2. The van der Waals surface area contributed by atoms with Gasteiger partial charge in [-0.3, -0.25) is 0 Å². The van der Waals surface area contributed by atoms with Gasteiger partial charge in [-0.15, -0.1) is 0 Å². The van der Waals surface area contributed by atoms with E-state index in [1.807, 2.05) is 0 Å². The number of hydrogen-bond acceptors (Lipinski definition) is 4. The Kier molecular flexibility index (Phi) is 3.76. The van der Waals surface area contributed by atoms with Gasteiger partial charge in [0, 0.05) is 13.2 Å². The summed E-state index contributed by atoms with van der Waals surface area (Å²) < 4.78 is 5.31. The summed E-state index contributed by atoms with van der Waals surface area (Å²) in [7, 11) is 0. The van der Waals surface area contributed by atoms with Gasteiger partial charge in [0.15, 0.2) is 0 Å². The number of para-hydroxylation sites is 1. The van der Waals surface area contributed by atoms with E-state index in [9.17, 15) is 5.11 Å². The summed E-state index contributed by atoms with van der Waals surface area (Å²) >= 11 is 6.11. The molecule has 5 heteroatoms. The third-order valence-electron chi connectivity index (χ3n) is 3.19. The fraction of sp³-hybridized carbons (Fsp3) is 0.500. The average molecular weight is 257 g/mol. The Bertz CT molecular complexity index is 372. The number of aliphatic hydroxyl groups excluding tert-OH is 1. The second kappa shape index (κ2) is 5.12. The summed E-state index contributed by atoms with van der Waals surface area (Å²) in [5, 5.41) is 13.4. The van der Waals surface area contributed by atoms with E-state index in [0.717, 1.165) is 12.8 Å². The average Bonchev–Trinajstić information content (AvgIpc) is 2.35. The van der Waals surface area contributed by atoms with Crippen LogP contribution in [0, 0.1) is 0 Å². The predicted octanol–water partition coefficient (Wildman–Crippen LogP) is 1.88. The van der Waals surface area contributed by atoms with Crippen LogP contribution in [0.15, 0.2) is 18.2 Å². The maximum atomic E-state index is 9.58. The zero-order valence-electron chi connectivity index (χ0n) is 9.58. The minimum Gasteiger partial charge on any atom is -0.397 e. The first-order valence-corrected chi connectivity index (χ1v) is 6.05. The van der Waals surface area contributed by atoms with E-state index in [2.05, 4.69) is 5.32 Å². The van der Waals surface area contributed by atoms with Crippen molar-refractivity contribution in [1.29, 1.82) is 0 Å². The molecule has 0 radical (unpaired) electrons. The molecule has 1 aromatic rings. The third-order valence-corrected chi connectivity index (χ3v) is 3.50. The van der Waals surface area contributed by atoms with Crippen molar-refractivity contribution in [3.05, 3.63) is 23.2 Å². The normalized spacial score (nSPS) is 18.9. The Balaban J connectivity index is 2.23. The Morgan fingerprint density at radius 2 is 2.12 bits per heavy atom.